The summed E-state index contributed by atoms with van der Waals surface area (Å²) in [6, 6.07) is 47.7. The van der Waals surface area contributed by atoms with Crippen molar-refractivity contribution < 1.29 is 22.8 Å². The molecule has 0 atom stereocenters. The number of fused-ring (bicyclic) bond motifs is 4. The maximum atomic E-state index is 15.1. The minimum absolute atomic E-state index is 0.182. The van der Waals surface area contributed by atoms with Crippen molar-refractivity contribution in [2.75, 3.05) is 4.90 Å². The van der Waals surface area contributed by atoms with Crippen LogP contribution in [0, 0.1) is 6.92 Å². The first kappa shape index (κ1) is 32.2. The zero-order valence-corrected chi connectivity index (χ0v) is 28.4. The topological polar surface area (TPSA) is 42.3 Å². The van der Waals surface area contributed by atoms with Crippen molar-refractivity contribution in [1.82, 2.24) is 4.57 Å². The highest BCUT2D eigenvalue weighted by molar-refractivity contribution is 6.37. The van der Waals surface area contributed by atoms with Crippen LogP contribution < -0.4 is 4.90 Å². The molecular formula is C46H29F3N2O2. The van der Waals surface area contributed by atoms with Gasteiger partial charge in [0.15, 0.2) is 0 Å². The average Bonchev–Trinajstić information content (AvgIpc) is 3.64. The predicted molar refractivity (Wildman–Crippen MR) is 204 cm³/mol. The summed E-state index contributed by atoms with van der Waals surface area (Å²) in [5.41, 5.74) is 7.45. The molecule has 0 fully saturated rings. The maximum absolute atomic E-state index is 15.1. The van der Waals surface area contributed by atoms with Gasteiger partial charge < -0.3 is 4.57 Å². The summed E-state index contributed by atoms with van der Waals surface area (Å²) in [4.78, 5) is 31.1. The molecule has 53 heavy (non-hydrogen) atoms. The van der Waals surface area contributed by atoms with E-state index in [0.717, 1.165) is 39.9 Å². The van der Waals surface area contributed by atoms with Gasteiger partial charge in [-0.15, -0.1) is 0 Å². The molecule has 0 radical (unpaired) electrons. The first-order chi connectivity index (χ1) is 25.7. The molecule has 9 rings (SSSR count). The molecule has 256 valence electrons. The highest BCUT2D eigenvalue weighted by Crippen LogP contribution is 2.47. The first-order valence-corrected chi connectivity index (χ1v) is 17.2. The number of carbonyl (C=O) groups excluding carboxylic acids is 2. The largest absolute Gasteiger partial charge is 0.416 e. The lowest BCUT2D eigenvalue weighted by Gasteiger charge is -2.24. The molecular weight excluding hydrogens is 670 g/mol. The summed E-state index contributed by atoms with van der Waals surface area (Å²) in [5, 5.41) is 1.02. The molecule has 2 amide bonds. The summed E-state index contributed by atoms with van der Waals surface area (Å²) in [5.74, 6) is -0.999. The Morgan fingerprint density at radius 2 is 1.04 bits per heavy atom. The van der Waals surface area contributed by atoms with Gasteiger partial charge in [-0.2, -0.15) is 13.2 Å². The van der Waals surface area contributed by atoms with Gasteiger partial charge in [0.2, 0.25) is 0 Å². The summed E-state index contributed by atoms with van der Waals surface area (Å²) in [7, 11) is 0. The van der Waals surface area contributed by atoms with Crippen LogP contribution in [0.5, 0.6) is 0 Å². The quantitative estimate of drug-likeness (QED) is 0.168. The third-order valence-electron chi connectivity index (χ3n) is 9.99. The fraction of sp³-hybridized carbons (Fsp3) is 0.0435. The number of amides is 2. The highest BCUT2D eigenvalue weighted by Gasteiger charge is 2.42. The molecule has 0 unspecified atom stereocenters. The Morgan fingerprint density at radius 3 is 1.62 bits per heavy atom. The van der Waals surface area contributed by atoms with Gasteiger partial charge in [0.05, 0.1) is 39.1 Å². The van der Waals surface area contributed by atoms with E-state index in [0.29, 0.717) is 44.3 Å². The van der Waals surface area contributed by atoms with Gasteiger partial charge in [-0.05, 0) is 83.8 Å². The zero-order valence-electron chi connectivity index (χ0n) is 28.4. The van der Waals surface area contributed by atoms with E-state index in [1.165, 1.54) is 11.0 Å². The van der Waals surface area contributed by atoms with Crippen LogP contribution in [-0.2, 0) is 6.18 Å². The number of aromatic nitrogens is 1. The zero-order chi connectivity index (χ0) is 36.4. The van der Waals surface area contributed by atoms with Crippen molar-refractivity contribution in [2.45, 2.75) is 13.1 Å². The number of anilines is 1. The summed E-state index contributed by atoms with van der Waals surface area (Å²) >= 11 is 0. The maximum Gasteiger partial charge on any atom is 0.416 e. The van der Waals surface area contributed by atoms with Crippen LogP contribution >= 0.6 is 0 Å². The molecule has 4 nitrogen and oxygen atoms in total. The van der Waals surface area contributed by atoms with Crippen molar-refractivity contribution in [1.29, 1.82) is 0 Å². The Bertz CT molecular complexity index is 2690. The van der Waals surface area contributed by atoms with E-state index in [2.05, 4.69) is 0 Å². The lowest BCUT2D eigenvalue weighted by molar-refractivity contribution is -0.137. The van der Waals surface area contributed by atoms with Gasteiger partial charge in [0.25, 0.3) is 11.8 Å². The second-order valence-electron chi connectivity index (χ2n) is 13.2. The van der Waals surface area contributed by atoms with Crippen LogP contribution in [-0.4, -0.2) is 16.4 Å². The third-order valence-corrected chi connectivity index (χ3v) is 9.99. The summed E-state index contributed by atoms with van der Waals surface area (Å²) < 4.78 is 43.6. The van der Waals surface area contributed by atoms with Crippen LogP contribution in [0.2, 0.25) is 0 Å². The molecule has 0 aliphatic carbocycles. The molecule has 7 heteroatoms. The number of benzene rings is 7. The van der Waals surface area contributed by atoms with Crippen LogP contribution in [0.3, 0.4) is 0 Å². The molecule has 8 aromatic rings. The van der Waals surface area contributed by atoms with E-state index >= 15 is 4.79 Å². The normalized spacial score (nSPS) is 12.9. The molecule has 0 N–H and O–H groups in total. The molecule has 1 aliphatic rings. The van der Waals surface area contributed by atoms with E-state index in [1.54, 1.807) is 22.8 Å². The van der Waals surface area contributed by atoms with E-state index in [1.807, 2.05) is 128 Å². The standard InChI is InChI=1S/C46H29F3N2O2/c1-28-20-22-39-37(24-28)38-27-33(46(47,48)49)21-23-40(38)50(39)41-19-11-18-34-42(41)45(53)51(44(34)52)43-35(30-14-7-3-8-15-30)25-32(29-12-5-2-6-13-29)26-36(43)31-16-9-4-10-17-31/h2-27H,1H3. The van der Waals surface area contributed by atoms with Crippen LogP contribution in [0.25, 0.3) is 60.9 Å². The van der Waals surface area contributed by atoms with Crippen molar-refractivity contribution in [3.05, 3.63) is 180 Å². The van der Waals surface area contributed by atoms with E-state index in [9.17, 15) is 18.0 Å². The fourth-order valence-electron chi connectivity index (χ4n) is 7.58. The van der Waals surface area contributed by atoms with Crippen molar-refractivity contribution >= 4 is 39.3 Å². The number of aryl methyl sites for hydroxylation is 1. The van der Waals surface area contributed by atoms with Gasteiger partial charge in [-0.3, -0.25) is 9.59 Å². The van der Waals surface area contributed by atoms with Crippen LogP contribution in [0.4, 0.5) is 18.9 Å². The molecule has 0 bridgehead atoms. The minimum atomic E-state index is -4.54. The molecule has 0 spiro atoms. The molecule has 0 saturated carbocycles. The second kappa shape index (κ2) is 12.2. The fourth-order valence-corrected chi connectivity index (χ4v) is 7.58. The first-order valence-electron chi connectivity index (χ1n) is 17.2. The number of imide groups is 1. The highest BCUT2D eigenvalue weighted by atomic mass is 19.4. The lowest BCUT2D eigenvalue weighted by Crippen LogP contribution is -2.30. The Labute approximate surface area is 303 Å². The van der Waals surface area contributed by atoms with Gasteiger partial charge in [-0.1, -0.05) is 109 Å². The lowest BCUT2D eigenvalue weighted by atomic mass is 9.90. The van der Waals surface area contributed by atoms with Gasteiger partial charge >= 0.3 is 6.18 Å². The van der Waals surface area contributed by atoms with Gasteiger partial charge in [-0.25, -0.2) is 4.90 Å². The van der Waals surface area contributed by atoms with Crippen LogP contribution in [0.15, 0.2) is 158 Å². The van der Waals surface area contributed by atoms with Crippen molar-refractivity contribution in [2.24, 2.45) is 0 Å². The third kappa shape index (κ3) is 5.23. The number of rotatable bonds is 5. The van der Waals surface area contributed by atoms with Gasteiger partial charge in [0.1, 0.15) is 0 Å². The molecule has 1 aromatic heterocycles. The Kier molecular flexibility index (Phi) is 7.41. The molecule has 1 aliphatic heterocycles. The number of hydrogen-bond acceptors (Lipinski definition) is 2. The summed E-state index contributed by atoms with van der Waals surface area (Å²) in [6.07, 6.45) is -4.54. The van der Waals surface area contributed by atoms with E-state index in [-0.39, 0.29) is 11.1 Å². The number of alkyl halides is 3. The average molecular weight is 699 g/mol. The monoisotopic (exact) mass is 698 g/mol. The minimum Gasteiger partial charge on any atom is -0.308 e. The Balaban J connectivity index is 1.31. The Morgan fingerprint density at radius 1 is 0.491 bits per heavy atom. The Hall–Kier alpha value is -6.73. The number of halogens is 3. The smallest absolute Gasteiger partial charge is 0.308 e. The number of carbonyl (C=O) groups is 2. The predicted octanol–water partition coefficient (Wildman–Crippen LogP) is 11.9. The SMILES string of the molecule is Cc1ccc2c(c1)c1cc(C(F)(F)F)ccc1n2-c1cccc2c1C(=O)N(c1c(-c3ccccc3)cc(-c3ccccc3)cc1-c1ccccc1)C2=O. The summed E-state index contributed by atoms with van der Waals surface area (Å²) in [6.45, 7) is 1.88. The van der Waals surface area contributed by atoms with Gasteiger partial charge in [0, 0.05) is 21.9 Å². The van der Waals surface area contributed by atoms with E-state index in [4.69, 9.17) is 0 Å². The van der Waals surface area contributed by atoms with Crippen molar-refractivity contribution in [3.8, 4) is 39.1 Å². The molecule has 2 heterocycles. The number of nitrogens with zero attached hydrogens (tertiary/aromatic N) is 2. The second-order valence-corrected chi connectivity index (χ2v) is 13.2. The molecule has 7 aromatic carbocycles. The van der Waals surface area contributed by atoms with Crippen LogP contribution in [0.1, 0.15) is 31.8 Å². The molecule has 0 saturated heterocycles. The van der Waals surface area contributed by atoms with Crippen molar-refractivity contribution in [3.63, 3.8) is 0 Å². The number of hydrogen-bond donors (Lipinski definition) is 0. The van der Waals surface area contributed by atoms with E-state index < -0.39 is 23.6 Å².